The summed E-state index contributed by atoms with van der Waals surface area (Å²) in [5.41, 5.74) is 2.49. The van der Waals surface area contributed by atoms with Crippen molar-refractivity contribution in [2.45, 2.75) is 0 Å². The SMILES string of the molecule is CN1CCN(C(=O)c2ccc3nc(Nc4nc5ccc(Cl)cc5s4)sc3c2)CC1. The zero-order valence-electron chi connectivity index (χ0n) is 15.7. The second-order valence-corrected chi connectivity index (χ2v) is 9.55. The van der Waals surface area contributed by atoms with Crippen molar-refractivity contribution < 1.29 is 4.79 Å². The van der Waals surface area contributed by atoms with Crippen molar-refractivity contribution in [2.24, 2.45) is 0 Å². The normalized spacial score (nSPS) is 15.3. The van der Waals surface area contributed by atoms with Crippen LogP contribution in [0.2, 0.25) is 5.02 Å². The summed E-state index contributed by atoms with van der Waals surface area (Å²) in [7, 11) is 2.08. The number of thiazole rings is 2. The number of hydrogen-bond donors (Lipinski definition) is 1. The number of nitrogens with zero attached hydrogens (tertiary/aromatic N) is 4. The first kappa shape index (κ1) is 18.7. The molecular formula is C20H18ClN5OS2. The average molecular weight is 444 g/mol. The van der Waals surface area contributed by atoms with Gasteiger partial charge in [0.05, 0.1) is 20.4 Å². The minimum Gasteiger partial charge on any atom is -0.336 e. The Labute approximate surface area is 180 Å². The highest BCUT2D eigenvalue weighted by Gasteiger charge is 2.21. The maximum Gasteiger partial charge on any atom is 0.253 e. The van der Waals surface area contributed by atoms with E-state index in [4.69, 9.17) is 11.6 Å². The first-order valence-electron chi connectivity index (χ1n) is 9.27. The summed E-state index contributed by atoms with van der Waals surface area (Å²) in [5.74, 6) is 0.0889. The van der Waals surface area contributed by atoms with Crippen LogP contribution in [0.1, 0.15) is 10.4 Å². The third kappa shape index (κ3) is 3.81. The van der Waals surface area contributed by atoms with Gasteiger partial charge >= 0.3 is 0 Å². The molecule has 1 amide bonds. The van der Waals surface area contributed by atoms with E-state index in [1.54, 1.807) is 0 Å². The number of rotatable bonds is 3. The summed E-state index contributed by atoms with van der Waals surface area (Å²) < 4.78 is 2.01. The Morgan fingerprint density at radius 3 is 2.28 bits per heavy atom. The number of benzene rings is 2. The van der Waals surface area contributed by atoms with Gasteiger partial charge in [-0.2, -0.15) is 0 Å². The molecule has 6 nitrogen and oxygen atoms in total. The number of hydrogen-bond acceptors (Lipinski definition) is 7. The number of halogens is 1. The fourth-order valence-electron chi connectivity index (χ4n) is 3.35. The number of carbonyl (C=O) groups excluding carboxylic acids is 1. The van der Waals surface area contributed by atoms with E-state index in [1.807, 2.05) is 41.3 Å². The second kappa shape index (κ2) is 7.53. The molecule has 5 rings (SSSR count). The molecule has 148 valence electrons. The van der Waals surface area contributed by atoms with Crippen molar-refractivity contribution in [2.75, 3.05) is 38.5 Å². The highest BCUT2D eigenvalue weighted by atomic mass is 35.5. The quantitative estimate of drug-likeness (QED) is 0.497. The molecule has 1 aliphatic heterocycles. The van der Waals surface area contributed by atoms with E-state index in [2.05, 4.69) is 27.2 Å². The zero-order valence-corrected chi connectivity index (χ0v) is 18.1. The number of likely N-dealkylation sites (N-methyl/N-ethyl adjacent to an activating group) is 1. The summed E-state index contributed by atoms with van der Waals surface area (Å²) in [6.07, 6.45) is 0. The highest BCUT2D eigenvalue weighted by Crippen LogP contribution is 2.33. The number of nitrogens with one attached hydrogen (secondary N) is 1. The van der Waals surface area contributed by atoms with E-state index in [9.17, 15) is 4.79 Å². The van der Waals surface area contributed by atoms with Crippen molar-refractivity contribution in [1.29, 1.82) is 0 Å². The smallest absolute Gasteiger partial charge is 0.253 e. The summed E-state index contributed by atoms with van der Waals surface area (Å²) >= 11 is 9.12. The lowest BCUT2D eigenvalue weighted by molar-refractivity contribution is 0.0664. The Morgan fingerprint density at radius 1 is 0.966 bits per heavy atom. The van der Waals surface area contributed by atoms with E-state index >= 15 is 0 Å². The van der Waals surface area contributed by atoms with Crippen molar-refractivity contribution in [1.82, 2.24) is 19.8 Å². The predicted molar refractivity (Wildman–Crippen MR) is 121 cm³/mol. The van der Waals surface area contributed by atoms with Gasteiger partial charge in [0.1, 0.15) is 0 Å². The third-order valence-electron chi connectivity index (χ3n) is 4.99. The summed E-state index contributed by atoms with van der Waals surface area (Å²) in [6, 6.07) is 11.4. The molecule has 2 aromatic carbocycles. The fraction of sp³-hybridized carbons (Fsp3) is 0.250. The van der Waals surface area contributed by atoms with Crippen LogP contribution in [-0.4, -0.2) is 58.9 Å². The molecule has 1 aliphatic rings. The molecule has 0 saturated carbocycles. The summed E-state index contributed by atoms with van der Waals surface area (Å²) in [4.78, 5) is 26.2. The first-order chi connectivity index (χ1) is 14.0. The number of piperazine rings is 1. The molecule has 1 N–H and O–H groups in total. The van der Waals surface area contributed by atoms with E-state index in [1.165, 1.54) is 22.7 Å². The first-order valence-corrected chi connectivity index (χ1v) is 11.3. The van der Waals surface area contributed by atoms with Crippen molar-refractivity contribution >= 4 is 70.9 Å². The monoisotopic (exact) mass is 443 g/mol. The Kier molecular flexibility index (Phi) is 4.87. The lowest BCUT2D eigenvalue weighted by atomic mass is 10.1. The van der Waals surface area contributed by atoms with Gasteiger partial charge in [-0.25, -0.2) is 9.97 Å². The van der Waals surface area contributed by atoms with Crippen LogP contribution in [0.25, 0.3) is 20.4 Å². The Morgan fingerprint density at radius 2 is 1.59 bits per heavy atom. The largest absolute Gasteiger partial charge is 0.336 e. The number of carbonyl (C=O) groups is 1. The molecular weight excluding hydrogens is 426 g/mol. The number of amides is 1. The molecule has 4 aromatic rings. The van der Waals surface area contributed by atoms with Crippen LogP contribution in [0, 0.1) is 0 Å². The minimum atomic E-state index is 0.0889. The molecule has 1 saturated heterocycles. The van der Waals surface area contributed by atoms with Gasteiger partial charge in [0.15, 0.2) is 10.3 Å². The Balaban J connectivity index is 1.38. The predicted octanol–water partition coefficient (Wildman–Crippen LogP) is 4.69. The van der Waals surface area contributed by atoms with Crippen LogP contribution in [-0.2, 0) is 0 Å². The lowest BCUT2D eigenvalue weighted by Gasteiger charge is -2.32. The van der Waals surface area contributed by atoms with E-state index < -0.39 is 0 Å². The van der Waals surface area contributed by atoms with E-state index in [0.29, 0.717) is 10.6 Å². The molecule has 0 radical (unpaired) electrons. The number of aromatic nitrogens is 2. The van der Waals surface area contributed by atoms with Crippen LogP contribution >= 0.6 is 34.3 Å². The molecule has 0 spiro atoms. The van der Waals surface area contributed by atoms with Gasteiger partial charge in [0, 0.05) is 36.8 Å². The third-order valence-corrected chi connectivity index (χ3v) is 7.09. The average Bonchev–Trinajstić information content (AvgIpc) is 3.29. The number of anilines is 2. The Hall–Kier alpha value is -2.26. The molecule has 3 heterocycles. The van der Waals surface area contributed by atoms with Gasteiger partial charge in [-0.15, -0.1) is 0 Å². The van der Waals surface area contributed by atoms with Crippen molar-refractivity contribution in [3.63, 3.8) is 0 Å². The molecule has 0 aliphatic carbocycles. The molecule has 0 unspecified atom stereocenters. The van der Waals surface area contributed by atoms with E-state index in [0.717, 1.165) is 56.9 Å². The van der Waals surface area contributed by atoms with E-state index in [-0.39, 0.29) is 5.91 Å². The highest BCUT2D eigenvalue weighted by molar-refractivity contribution is 7.24. The molecule has 0 atom stereocenters. The maximum atomic E-state index is 12.8. The fourth-order valence-corrected chi connectivity index (χ4v) is 5.46. The van der Waals surface area contributed by atoms with Crippen molar-refractivity contribution in [3.05, 3.63) is 47.0 Å². The molecule has 9 heteroatoms. The topological polar surface area (TPSA) is 61.4 Å². The second-order valence-electron chi connectivity index (χ2n) is 7.05. The molecule has 2 aromatic heterocycles. The molecule has 29 heavy (non-hydrogen) atoms. The van der Waals surface area contributed by atoms with Crippen LogP contribution in [0.4, 0.5) is 10.3 Å². The molecule has 1 fully saturated rings. The molecule has 0 bridgehead atoms. The zero-order chi connectivity index (χ0) is 20.0. The van der Waals surface area contributed by atoms with Gasteiger partial charge in [0.2, 0.25) is 0 Å². The van der Waals surface area contributed by atoms with Crippen LogP contribution in [0.3, 0.4) is 0 Å². The Bertz CT molecular complexity index is 1210. The summed E-state index contributed by atoms with van der Waals surface area (Å²) in [5, 5.41) is 5.52. The van der Waals surface area contributed by atoms with Crippen molar-refractivity contribution in [3.8, 4) is 0 Å². The van der Waals surface area contributed by atoms with Gasteiger partial charge in [-0.3, -0.25) is 4.79 Å². The lowest BCUT2D eigenvalue weighted by Crippen LogP contribution is -2.47. The van der Waals surface area contributed by atoms with Crippen LogP contribution in [0.5, 0.6) is 0 Å². The van der Waals surface area contributed by atoms with Crippen LogP contribution < -0.4 is 5.32 Å². The van der Waals surface area contributed by atoms with Crippen LogP contribution in [0.15, 0.2) is 36.4 Å². The summed E-state index contributed by atoms with van der Waals surface area (Å²) in [6.45, 7) is 3.36. The van der Waals surface area contributed by atoms with Gasteiger partial charge < -0.3 is 15.1 Å². The number of fused-ring (bicyclic) bond motifs is 2. The standard InChI is InChI=1S/C20H18ClN5OS2/c1-25-6-8-26(9-7-25)18(27)12-2-4-14-16(10-12)28-19(22-14)24-20-23-15-5-3-13(21)11-17(15)29-20/h2-5,10-11H,6-9H2,1H3,(H,22,23,24). The van der Waals surface area contributed by atoms with Gasteiger partial charge in [-0.05, 0) is 43.4 Å². The van der Waals surface area contributed by atoms with Gasteiger partial charge in [-0.1, -0.05) is 34.3 Å². The van der Waals surface area contributed by atoms with Gasteiger partial charge in [0.25, 0.3) is 5.91 Å². The maximum absolute atomic E-state index is 12.8. The minimum absolute atomic E-state index is 0.0889.